The number of amides is 10. The van der Waals surface area contributed by atoms with E-state index < -0.39 is 120 Å². The van der Waals surface area contributed by atoms with Gasteiger partial charge < -0.3 is 132 Å². The van der Waals surface area contributed by atoms with E-state index in [1.54, 1.807) is 0 Å². The normalized spacial score (nSPS) is 14.0. The maximum absolute atomic E-state index is 14.7. The summed E-state index contributed by atoms with van der Waals surface area (Å²) in [7, 11) is 0. The molecule has 530 valence electrons. The van der Waals surface area contributed by atoms with E-state index in [-0.39, 0.29) is 166 Å². The third-order valence-electron chi connectivity index (χ3n) is 13.8. The molecule has 10 atom stereocenters. The second-order valence-electron chi connectivity index (χ2n) is 21.9. The van der Waals surface area contributed by atoms with Gasteiger partial charge in [0, 0.05) is 58.0 Å². The molecule has 94 heavy (non-hydrogen) atoms. The third-order valence-corrected chi connectivity index (χ3v) is 13.8. The van der Waals surface area contributed by atoms with E-state index in [1.165, 1.54) is 26.4 Å². The van der Waals surface area contributed by atoms with E-state index in [1.807, 2.05) is 0 Å². The highest BCUT2D eigenvalue weighted by molar-refractivity contribution is 5.98. The molecule has 0 saturated heterocycles. The van der Waals surface area contributed by atoms with E-state index in [4.69, 9.17) is 74.5 Å². The number of aromatic nitrogens is 2. The molecule has 1 heterocycles. The fourth-order valence-corrected chi connectivity index (χ4v) is 9.05. The molecule has 1 rings (SSSR count). The van der Waals surface area contributed by atoms with Gasteiger partial charge in [-0.2, -0.15) is 0 Å². The van der Waals surface area contributed by atoms with Crippen molar-refractivity contribution in [2.75, 3.05) is 45.8 Å². The number of aromatic amines is 1. The van der Waals surface area contributed by atoms with Crippen molar-refractivity contribution in [3.8, 4) is 0 Å². The summed E-state index contributed by atoms with van der Waals surface area (Å²) in [5, 5.41) is 33.7. The molecule has 0 aromatic carbocycles. The zero-order chi connectivity index (χ0) is 70.7. The highest BCUT2D eigenvalue weighted by Gasteiger charge is 2.36. The first kappa shape index (κ1) is 82.2. The molecule has 0 spiro atoms. The quantitative estimate of drug-likeness (QED) is 0.0164. The monoisotopic (exact) mass is 1330 g/mol. The molecule has 1 aromatic rings. The van der Waals surface area contributed by atoms with Crippen LogP contribution in [-0.2, 0) is 54.4 Å². The molecule has 0 aliphatic carbocycles. The van der Waals surface area contributed by atoms with Crippen LogP contribution in [0.5, 0.6) is 0 Å². The van der Waals surface area contributed by atoms with E-state index >= 15 is 0 Å². The number of carbonyl (C=O) groups is 10. The van der Waals surface area contributed by atoms with Gasteiger partial charge in [-0.15, -0.1) is 0 Å². The fraction of sp³-hybridized carbons (Fsp3) is 0.667. The molecule has 0 radical (unpaired) electrons. The molecule has 0 aliphatic heterocycles. The number of aliphatic hydroxyl groups excluding tert-OH is 1. The summed E-state index contributed by atoms with van der Waals surface area (Å²) < 4.78 is 0. The van der Waals surface area contributed by atoms with Gasteiger partial charge >= 0.3 is 0 Å². The van der Waals surface area contributed by atoms with Crippen molar-refractivity contribution in [1.82, 2.24) is 57.8 Å². The Kier molecular flexibility index (Phi) is 40.4. The van der Waals surface area contributed by atoms with Crippen molar-refractivity contribution in [3.05, 3.63) is 18.2 Å². The van der Waals surface area contributed by atoms with E-state index in [2.05, 4.69) is 82.8 Å². The van der Waals surface area contributed by atoms with Crippen molar-refractivity contribution in [2.24, 2.45) is 99.5 Å². The largest absolute Gasteiger partial charge is 0.391 e. The number of unbranched alkanes of at least 4 members (excludes halogenated alkanes) is 2. The number of aliphatic imine (C=N–C) groups is 5. The molecule has 37 N–H and O–H groups in total. The number of aliphatic hydroxyl groups is 1. The van der Waals surface area contributed by atoms with Crippen LogP contribution in [0.4, 0.5) is 0 Å². The molecule has 0 bridgehead atoms. The minimum absolute atomic E-state index is 0.0193. The van der Waals surface area contributed by atoms with E-state index in [9.17, 15) is 53.1 Å². The van der Waals surface area contributed by atoms with E-state index in [0.717, 1.165) is 0 Å². The van der Waals surface area contributed by atoms with Gasteiger partial charge in [0.2, 0.25) is 59.1 Å². The first-order chi connectivity index (χ1) is 44.5. The highest BCUT2D eigenvalue weighted by atomic mass is 16.3. The smallest absolute Gasteiger partial charge is 0.243 e. The van der Waals surface area contributed by atoms with Crippen LogP contribution in [-0.4, -0.2) is 210 Å². The van der Waals surface area contributed by atoms with Crippen molar-refractivity contribution in [3.63, 3.8) is 0 Å². The Hall–Kier alpha value is -9.86. The Bertz CT molecular complexity index is 2690. The summed E-state index contributed by atoms with van der Waals surface area (Å²) in [5.41, 5.74) is 72.8. The lowest BCUT2D eigenvalue weighted by atomic mass is 10.0. The van der Waals surface area contributed by atoms with Gasteiger partial charge in [-0.05, 0) is 123 Å². The standard InChI is InChI=1S/C54H103N29O11/c1-29(84)40(41(57)86)83-48(93)38(18-11-25-73-54(66)67)80-44(89)34(13-4-6-20-56)76-43(88)33(12-3-5-19-55)77-45(90)35(15-8-22-70-51(60)61)78-46(91)36(16-9-23-71-52(62)63)79-47(92)37(17-10-24-72-53(64)65)81-49(94)39(26-31-27-68-28-74-31)82-42(87)32(75-30(2)85)14-7-21-69-50(58)59/h27-29,32-40,84H,3-26,55-56H2,1-2H3,(H2,57,86)(H,68,74)(H,75,85)(H,76,88)(H,77,90)(H,78,91)(H,79,92)(H,80,89)(H,81,94)(H,82,87)(H,83,93)(H4,58,59,69)(H4,60,61,70)(H4,62,63,71)(H4,64,65,72)(H4,66,67,73)/t29-,32+,33+,34+,35+,36+,37+,38+,39+,40+/m1/s1. The van der Waals surface area contributed by atoms with Crippen LogP contribution in [0.1, 0.15) is 122 Å². The zero-order valence-electron chi connectivity index (χ0n) is 53.6. The average molecular weight is 1330 g/mol. The number of carbonyl (C=O) groups excluding carboxylic acids is 10. The molecule has 0 saturated carbocycles. The molecule has 40 nitrogen and oxygen atoms in total. The van der Waals surface area contributed by atoms with Crippen LogP contribution in [0.25, 0.3) is 0 Å². The zero-order valence-corrected chi connectivity index (χ0v) is 53.6. The van der Waals surface area contributed by atoms with Gasteiger partial charge in [0.25, 0.3) is 0 Å². The van der Waals surface area contributed by atoms with Crippen LogP contribution in [0.2, 0.25) is 0 Å². The number of hydrogen-bond donors (Lipinski definition) is 24. The van der Waals surface area contributed by atoms with Crippen molar-refractivity contribution in [1.29, 1.82) is 0 Å². The Morgan fingerprint density at radius 2 is 0.660 bits per heavy atom. The molecule has 0 unspecified atom stereocenters. The molecule has 1 aromatic heterocycles. The molecular weight excluding hydrogens is 1230 g/mol. The Balaban J connectivity index is 3.88. The van der Waals surface area contributed by atoms with Crippen LogP contribution in [0.15, 0.2) is 37.5 Å². The van der Waals surface area contributed by atoms with Gasteiger partial charge in [0.05, 0.1) is 12.4 Å². The summed E-state index contributed by atoms with van der Waals surface area (Å²) in [6.45, 7) is 2.88. The molecule has 40 heteroatoms. The topological polar surface area (TPSA) is 728 Å². The van der Waals surface area contributed by atoms with Gasteiger partial charge in [-0.3, -0.25) is 72.9 Å². The summed E-state index contributed by atoms with van der Waals surface area (Å²) in [6.07, 6.45) is 2.43. The predicted molar refractivity (Wildman–Crippen MR) is 352 cm³/mol. The third kappa shape index (κ3) is 36.3. The second-order valence-corrected chi connectivity index (χ2v) is 21.9. The first-order valence-electron chi connectivity index (χ1n) is 30.8. The number of guanidine groups is 5. The maximum atomic E-state index is 14.7. The summed E-state index contributed by atoms with van der Waals surface area (Å²) in [6, 6.07) is -12.8. The number of rotatable bonds is 49. The van der Waals surface area contributed by atoms with Gasteiger partial charge in [0.1, 0.15) is 54.4 Å². The van der Waals surface area contributed by atoms with Crippen LogP contribution < -0.4 is 122 Å². The van der Waals surface area contributed by atoms with Gasteiger partial charge in [-0.25, -0.2) is 4.98 Å². The van der Waals surface area contributed by atoms with Gasteiger partial charge in [-0.1, -0.05) is 0 Å². The SMILES string of the molecule is CC(=O)N[C@@H](CCCN=C(N)N)C(=O)N[C@@H](Cc1cnc[nH]1)C(=O)N[C@@H](CCCN=C(N)N)C(=O)N[C@@H](CCCN=C(N)N)C(=O)N[C@@H](CCCN=C(N)N)C(=O)N[C@@H](CCCCN)C(=O)N[C@@H](CCCCN)C(=O)N[C@@H](CCCN=C(N)N)C(=O)N[C@H](C(N)=O)[C@@H](C)O. The van der Waals surface area contributed by atoms with Gasteiger partial charge in [0.15, 0.2) is 29.8 Å². The van der Waals surface area contributed by atoms with E-state index in [0.29, 0.717) is 25.0 Å². The minimum atomic E-state index is -1.55. The number of primary amides is 1. The Morgan fingerprint density at radius 1 is 0.404 bits per heavy atom. The average Bonchev–Trinajstić information content (AvgIpc) is 1.07. The number of nitrogens with zero attached hydrogens (tertiary/aromatic N) is 6. The van der Waals surface area contributed by atoms with Crippen LogP contribution in [0, 0.1) is 0 Å². The molecule has 10 amide bonds. The molecular formula is C54H103N29O11. The lowest BCUT2D eigenvalue weighted by Crippen LogP contribution is -2.61. The minimum Gasteiger partial charge on any atom is -0.391 e. The number of H-pyrrole nitrogens is 1. The lowest BCUT2D eigenvalue weighted by Gasteiger charge is -2.28. The number of imidazole rings is 1. The lowest BCUT2D eigenvalue weighted by molar-refractivity contribution is -0.136. The number of nitrogens with one attached hydrogen (secondary N) is 10. The predicted octanol–water partition coefficient (Wildman–Crippen LogP) is -10.3. The first-order valence-corrected chi connectivity index (χ1v) is 30.8. The Morgan fingerprint density at radius 3 is 0.894 bits per heavy atom. The molecule has 0 aliphatic rings. The summed E-state index contributed by atoms with van der Waals surface area (Å²) in [5.74, 6) is -9.92. The molecule has 0 fully saturated rings. The van der Waals surface area contributed by atoms with Crippen LogP contribution in [0.3, 0.4) is 0 Å². The van der Waals surface area contributed by atoms with Crippen molar-refractivity contribution < 1.29 is 53.1 Å². The van der Waals surface area contributed by atoms with Crippen LogP contribution >= 0.6 is 0 Å². The second kappa shape index (κ2) is 46.2. The highest BCUT2D eigenvalue weighted by Crippen LogP contribution is 2.12. The number of hydrogen-bond acceptors (Lipinski definition) is 19. The summed E-state index contributed by atoms with van der Waals surface area (Å²) >= 11 is 0. The Labute approximate surface area is 545 Å². The maximum Gasteiger partial charge on any atom is 0.243 e. The van der Waals surface area contributed by atoms with Crippen molar-refractivity contribution in [2.45, 2.75) is 183 Å². The van der Waals surface area contributed by atoms with Crippen molar-refractivity contribution >= 4 is 88.9 Å². The fourth-order valence-electron chi connectivity index (χ4n) is 9.05. The number of nitrogens with two attached hydrogens (primary N) is 13. The summed E-state index contributed by atoms with van der Waals surface area (Å²) in [4.78, 5) is 166.